The minimum Gasteiger partial charge on any atom is -0.369 e. The summed E-state index contributed by atoms with van der Waals surface area (Å²) in [5.41, 5.74) is 5.61. The van der Waals surface area contributed by atoms with Crippen LogP contribution in [0.5, 0.6) is 0 Å². The van der Waals surface area contributed by atoms with Gasteiger partial charge in [-0.2, -0.15) is 5.10 Å². The maximum atomic E-state index is 13.0. The third-order valence-electron chi connectivity index (χ3n) is 6.82. The molecule has 2 fully saturated rings. The van der Waals surface area contributed by atoms with E-state index in [-0.39, 0.29) is 5.56 Å². The fourth-order valence-electron chi connectivity index (χ4n) is 5.16. The van der Waals surface area contributed by atoms with Crippen molar-refractivity contribution in [3.05, 3.63) is 58.3 Å². The molecule has 0 bridgehead atoms. The van der Waals surface area contributed by atoms with E-state index in [0.29, 0.717) is 23.1 Å². The van der Waals surface area contributed by atoms with Crippen molar-refractivity contribution in [2.45, 2.75) is 39.2 Å². The Balaban J connectivity index is 1.33. The van der Waals surface area contributed by atoms with Gasteiger partial charge < -0.3 is 4.90 Å². The molecule has 0 aromatic carbocycles. The molecule has 0 spiro atoms. The van der Waals surface area contributed by atoms with Crippen molar-refractivity contribution >= 4 is 17.0 Å². The van der Waals surface area contributed by atoms with Gasteiger partial charge in [-0.15, -0.1) is 0 Å². The van der Waals surface area contributed by atoms with E-state index in [9.17, 15) is 4.79 Å². The molecule has 4 aromatic heterocycles. The van der Waals surface area contributed by atoms with E-state index in [4.69, 9.17) is 4.98 Å². The van der Waals surface area contributed by atoms with Crippen LogP contribution in [-0.2, 0) is 0 Å². The highest BCUT2D eigenvalue weighted by molar-refractivity contribution is 5.62. The fraction of sp³-hybridized carbons (Fsp3) is 0.417. The molecular weight excluding hydrogens is 402 g/mol. The topological polar surface area (TPSA) is 71.0 Å². The Labute approximate surface area is 186 Å². The number of fused-ring (bicyclic) bond motifs is 2. The molecule has 1 atom stereocenters. The summed E-state index contributed by atoms with van der Waals surface area (Å²) in [6.07, 6.45) is 7.64. The monoisotopic (exact) mass is 429 g/mol. The second-order valence-electron chi connectivity index (χ2n) is 9.09. The number of aryl methyl sites for hydroxylation is 2. The molecule has 164 valence electrons. The Morgan fingerprint density at radius 1 is 0.969 bits per heavy atom. The van der Waals surface area contributed by atoms with Crippen molar-refractivity contribution in [3.8, 4) is 11.4 Å². The van der Waals surface area contributed by atoms with E-state index in [1.807, 2.05) is 38.4 Å². The molecular formula is C24H27N7O. The predicted molar refractivity (Wildman–Crippen MR) is 124 cm³/mol. The molecule has 4 aromatic rings. The van der Waals surface area contributed by atoms with Gasteiger partial charge >= 0.3 is 0 Å². The molecule has 6 rings (SSSR count). The second kappa shape index (κ2) is 7.41. The van der Waals surface area contributed by atoms with Gasteiger partial charge in [-0.1, -0.05) is 0 Å². The van der Waals surface area contributed by atoms with Gasteiger partial charge in [0.05, 0.1) is 23.3 Å². The van der Waals surface area contributed by atoms with Crippen LogP contribution in [0.1, 0.15) is 30.5 Å². The van der Waals surface area contributed by atoms with E-state index in [0.717, 1.165) is 35.7 Å². The minimum atomic E-state index is -0.0940. The Kier molecular flexibility index (Phi) is 4.50. The summed E-state index contributed by atoms with van der Waals surface area (Å²) in [5, 5.41) is 4.63. The van der Waals surface area contributed by atoms with E-state index >= 15 is 0 Å². The first-order valence-electron chi connectivity index (χ1n) is 11.4. The van der Waals surface area contributed by atoms with Gasteiger partial charge in [0, 0.05) is 31.4 Å². The lowest BCUT2D eigenvalue weighted by Gasteiger charge is -2.24. The summed E-state index contributed by atoms with van der Waals surface area (Å²) in [7, 11) is 0. The predicted octanol–water partition coefficient (Wildman–Crippen LogP) is 2.70. The molecule has 8 heteroatoms. The molecule has 6 heterocycles. The summed E-state index contributed by atoms with van der Waals surface area (Å²) in [4.78, 5) is 27.3. The molecule has 2 saturated heterocycles. The van der Waals surface area contributed by atoms with Crippen molar-refractivity contribution in [3.63, 3.8) is 0 Å². The molecule has 0 saturated carbocycles. The molecule has 32 heavy (non-hydrogen) atoms. The van der Waals surface area contributed by atoms with Crippen LogP contribution in [0.25, 0.3) is 22.7 Å². The van der Waals surface area contributed by atoms with Gasteiger partial charge in [0.2, 0.25) is 0 Å². The van der Waals surface area contributed by atoms with E-state index < -0.39 is 0 Å². The Bertz CT molecular complexity index is 1380. The summed E-state index contributed by atoms with van der Waals surface area (Å²) in [5.74, 6) is 0. The van der Waals surface area contributed by atoms with E-state index in [1.165, 1.54) is 32.4 Å². The Hall–Kier alpha value is -3.26. The Morgan fingerprint density at radius 2 is 1.81 bits per heavy atom. The standard InChI is InChI=1S/C24H27N7O/c1-16-11-21(27-31-13-17(2)25-24(16)31)20-12-23(32)30-15-18(5-6-22(30)26-20)29-10-7-19(14-29)28-8-3-4-9-28/h5-6,11-13,15,19H,3-4,7-10,14H2,1-2H3/t19-/m1/s1. The van der Waals surface area contributed by atoms with Gasteiger partial charge in [-0.05, 0) is 70.0 Å². The highest BCUT2D eigenvalue weighted by atomic mass is 16.1. The van der Waals surface area contributed by atoms with Crippen molar-refractivity contribution < 1.29 is 0 Å². The lowest BCUT2D eigenvalue weighted by Crippen LogP contribution is -2.35. The zero-order valence-corrected chi connectivity index (χ0v) is 18.5. The van der Waals surface area contributed by atoms with Crippen LogP contribution in [-0.4, -0.2) is 61.1 Å². The van der Waals surface area contributed by atoms with Gasteiger partial charge in [0.25, 0.3) is 5.56 Å². The summed E-state index contributed by atoms with van der Waals surface area (Å²) in [6.45, 7) is 8.44. The van der Waals surface area contributed by atoms with Gasteiger partial charge in [-0.3, -0.25) is 14.1 Å². The first-order chi connectivity index (χ1) is 15.5. The highest BCUT2D eigenvalue weighted by Gasteiger charge is 2.29. The number of hydrogen-bond acceptors (Lipinski definition) is 6. The molecule has 8 nitrogen and oxygen atoms in total. The van der Waals surface area contributed by atoms with Crippen molar-refractivity contribution in [1.29, 1.82) is 0 Å². The van der Waals surface area contributed by atoms with E-state index in [1.54, 1.807) is 15.0 Å². The van der Waals surface area contributed by atoms with E-state index in [2.05, 4.69) is 25.9 Å². The van der Waals surface area contributed by atoms with Crippen LogP contribution in [0, 0.1) is 13.8 Å². The molecule has 0 amide bonds. The summed E-state index contributed by atoms with van der Waals surface area (Å²) >= 11 is 0. The van der Waals surface area contributed by atoms with Crippen LogP contribution < -0.4 is 10.5 Å². The third-order valence-corrected chi connectivity index (χ3v) is 6.82. The lowest BCUT2D eigenvalue weighted by molar-refractivity contribution is 0.260. The normalized spacial score (nSPS) is 19.6. The molecule has 0 N–H and O–H groups in total. The number of hydrogen-bond donors (Lipinski definition) is 0. The zero-order valence-electron chi connectivity index (χ0n) is 18.5. The van der Waals surface area contributed by atoms with Crippen LogP contribution in [0.4, 0.5) is 5.69 Å². The summed E-state index contributed by atoms with van der Waals surface area (Å²) < 4.78 is 3.41. The average Bonchev–Trinajstić information content (AvgIpc) is 3.53. The second-order valence-corrected chi connectivity index (χ2v) is 9.09. The first kappa shape index (κ1) is 19.4. The average molecular weight is 430 g/mol. The number of aromatic nitrogens is 5. The molecule has 0 radical (unpaired) electrons. The highest BCUT2D eigenvalue weighted by Crippen LogP contribution is 2.26. The number of nitrogens with zero attached hydrogens (tertiary/aromatic N) is 7. The Morgan fingerprint density at radius 3 is 2.66 bits per heavy atom. The molecule has 2 aliphatic heterocycles. The van der Waals surface area contributed by atoms with Crippen LogP contribution in [0.2, 0.25) is 0 Å². The van der Waals surface area contributed by atoms with Crippen LogP contribution in [0.15, 0.2) is 41.5 Å². The fourth-order valence-corrected chi connectivity index (χ4v) is 5.16. The van der Waals surface area contributed by atoms with Gasteiger partial charge in [-0.25, -0.2) is 14.5 Å². The lowest BCUT2D eigenvalue weighted by atomic mass is 10.2. The zero-order chi connectivity index (χ0) is 21.8. The number of pyridine rings is 1. The van der Waals surface area contributed by atoms with Crippen molar-refractivity contribution in [1.82, 2.24) is 28.9 Å². The van der Waals surface area contributed by atoms with Crippen molar-refractivity contribution in [2.24, 2.45) is 0 Å². The number of anilines is 1. The van der Waals surface area contributed by atoms with Gasteiger partial charge in [0.1, 0.15) is 11.3 Å². The van der Waals surface area contributed by atoms with Crippen molar-refractivity contribution in [2.75, 3.05) is 31.1 Å². The van der Waals surface area contributed by atoms with Gasteiger partial charge in [0.15, 0.2) is 5.65 Å². The quantitative estimate of drug-likeness (QED) is 0.499. The number of rotatable bonds is 3. The number of likely N-dealkylation sites (tertiary alicyclic amines) is 1. The smallest absolute Gasteiger partial charge is 0.258 e. The molecule has 0 unspecified atom stereocenters. The SMILES string of the molecule is Cc1cn2nc(-c3cc(=O)n4cc(N5CC[C@@H](N6CCCC6)C5)ccc4n3)cc(C)c2n1. The number of imidazole rings is 1. The summed E-state index contributed by atoms with van der Waals surface area (Å²) in [6, 6.07) is 8.17. The maximum Gasteiger partial charge on any atom is 0.258 e. The largest absolute Gasteiger partial charge is 0.369 e. The van der Waals surface area contributed by atoms with Crippen LogP contribution >= 0.6 is 0 Å². The minimum absolute atomic E-state index is 0.0940. The molecule has 0 aliphatic carbocycles. The molecule has 2 aliphatic rings. The third kappa shape index (κ3) is 3.26. The maximum absolute atomic E-state index is 13.0. The van der Waals surface area contributed by atoms with Crippen LogP contribution in [0.3, 0.4) is 0 Å². The first-order valence-corrected chi connectivity index (χ1v) is 11.4.